The van der Waals surface area contributed by atoms with E-state index in [-0.39, 0.29) is 0 Å². The fourth-order valence-electron chi connectivity index (χ4n) is 1.46. The SMILES string of the molecule is O=C(COCC(F)(F)F)N1CCC(O)CC1. The molecule has 0 saturated carbocycles. The third-order valence-electron chi connectivity index (χ3n) is 2.31. The van der Waals surface area contributed by atoms with Crippen LogP contribution in [-0.2, 0) is 9.53 Å². The van der Waals surface area contributed by atoms with Gasteiger partial charge < -0.3 is 14.7 Å². The van der Waals surface area contributed by atoms with Crippen molar-refractivity contribution in [1.29, 1.82) is 0 Å². The molecule has 1 aliphatic heterocycles. The van der Waals surface area contributed by atoms with Crippen LogP contribution in [0.4, 0.5) is 13.2 Å². The first kappa shape index (κ1) is 13.2. The van der Waals surface area contributed by atoms with Crippen LogP contribution in [0.1, 0.15) is 12.8 Å². The lowest BCUT2D eigenvalue weighted by molar-refractivity contribution is -0.178. The van der Waals surface area contributed by atoms with E-state index in [1.807, 2.05) is 0 Å². The molecule has 16 heavy (non-hydrogen) atoms. The molecule has 0 unspecified atom stereocenters. The third kappa shape index (κ3) is 4.80. The van der Waals surface area contributed by atoms with Crippen LogP contribution < -0.4 is 0 Å². The molecule has 1 aliphatic rings. The third-order valence-corrected chi connectivity index (χ3v) is 2.31. The van der Waals surface area contributed by atoms with Crippen molar-refractivity contribution in [1.82, 2.24) is 4.90 Å². The Morgan fingerprint density at radius 2 is 1.94 bits per heavy atom. The number of halogens is 3. The van der Waals surface area contributed by atoms with Crippen molar-refractivity contribution in [2.75, 3.05) is 26.3 Å². The highest BCUT2D eigenvalue weighted by atomic mass is 19.4. The molecule has 1 N–H and O–H groups in total. The number of hydrogen-bond donors (Lipinski definition) is 1. The van der Waals surface area contributed by atoms with Crippen LogP contribution in [0.15, 0.2) is 0 Å². The molecule has 1 rings (SSSR count). The normalized spacial score (nSPS) is 18.9. The van der Waals surface area contributed by atoms with Crippen molar-refractivity contribution in [3.63, 3.8) is 0 Å². The molecule has 0 aromatic rings. The second kappa shape index (κ2) is 5.49. The molecule has 7 heteroatoms. The maximum absolute atomic E-state index is 11.7. The van der Waals surface area contributed by atoms with Gasteiger partial charge in [-0.25, -0.2) is 0 Å². The lowest BCUT2D eigenvalue weighted by Gasteiger charge is -2.29. The van der Waals surface area contributed by atoms with E-state index in [2.05, 4.69) is 4.74 Å². The van der Waals surface area contributed by atoms with Crippen LogP contribution >= 0.6 is 0 Å². The van der Waals surface area contributed by atoms with Crippen molar-refractivity contribution in [2.24, 2.45) is 0 Å². The minimum absolute atomic E-state index is 0.370. The molecule has 0 spiro atoms. The largest absolute Gasteiger partial charge is 0.411 e. The monoisotopic (exact) mass is 241 g/mol. The van der Waals surface area contributed by atoms with Gasteiger partial charge in [0.1, 0.15) is 13.2 Å². The van der Waals surface area contributed by atoms with Gasteiger partial charge in [0.15, 0.2) is 0 Å². The van der Waals surface area contributed by atoms with Crippen molar-refractivity contribution >= 4 is 5.91 Å². The molecule has 0 aromatic heterocycles. The Morgan fingerprint density at radius 1 is 1.38 bits per heavy atom. The van der Waals surface area contributed by atoms with Crippen molar-refractivity contribution in [3.8, 4) is 0 Å². The molecule has 1 amide bonds. The summed E-state index contributed by atoms with van der Waals surface area (Å²) in [5.41, 5.74) is 0. The summed E-state index contributed by atoms with van der Waals surface area (Å²) < 4.78 is 39.4. The number of aliphatic hydroxyl groups is 1. The van der Waals surface area contributed by atoms with Gasteiger partial charge in [-0.1, -0.05) is 0 Å². The van der Waals surface area contributed by atoms with Crippen molar-refractivity contribution in [2.45, 2.75) is 25.1 Å². The number of nitrogens with zero attached hydrogens (tertiary/aromatic N) is 1. The molecule has 4 nitrogen and oxygen atoms in total. The first-order valence-corrected chi connectivity index (χ1v) is 4.99. The number of rotatable bonds is 3. The molecule has 0 radical (unpaired) electrons. The maximum atomic E-state index is 11.7. The fourth-order valence-corrected chi connectivity index (χ4v) is 1.46. The number of alkyl halides is 3. The van der Waals surface area contributed by atoms with Crippen LogP contribution in [-0.4, -0.2) is 54.5 Å². The fraction of sp³-hybridized carbons (Fsp3) is 0.889. The first-order valence-electron chi connectivity index (χ1n) is 4.99. The molecule has 1 heterocycles. The summed E-state index contributed by atoms with van der Waals surface area (Å²) in [6.45, 7) is -1.23. The lowest BCUT2D eigenvalue weighted by atomic mass is 10.1. The van der Waals surface area contributed by atoms with Gasteiger partial charge in [-0.05, 0) is 12.8 Å². The molecule has 1 saturated heterocycles. The van der Waals surface area contributed by atoms with Gasteiger partial charge in [-0.3, -0.25) is 4.79 Å². The number of ether oxygens (including phenoxy) is 1. The van der Waals surface area contributed by atoms with E-state index in [0.717, 1.165) is 0 Å². The molecular formula is C9H14F3NO3. The van der Waals surface area contributed by atoms with Gasteiger partial charge >= 0.3 is 6.18 Å². The predicted octanol–water partition coefficient (Wildman–Crippen LogP) is 0.549. The molecule has 1 fully saturated rings. The van der Waals surface area contributed by atoms with Crippen LogP contribution in [0, 0.1) is 0 Å². The molecule has 0 aliphatic carbocycles. The Hall–Kier alpha value is -0.820. The average Bonchev–Trinajstić information content (AvgIpc) is 2.16. The Bertz CT molecular complexity index is 237. The quantitative estimate of drug-likeness (QED) is 0.785. The number of carbonyl (C=O) groups is 1. The van der Waals surface area contributed by atoms with Crippen molar-refractivity contribution in [3.05, 3.63) is 0 Å². The number of piperidine rings is 1. The summed E-state index contributed by atoms with van der Waals surface area (Å²) >= 11 is 0. The standard InChI is InChI=1S/C9H14F3NO3/c10-9(11,12)6-16-5-8(15)13-3-1-7(14)2-4-13/h7,14H,1-6H2. The summed E-state index contributed by atoms with van der Waals surface area (Å²) in [4.78, 5) is 12.7. The minimum atomic E-state index is -4.40. The minimum Gasteiger partial charge on any atom is -0.393 e. The predicted molar refractivity (Wildman–Crippen MR) is 48.7 cm³/mol. The van der Waals surface area contributed by atoms with E-state index < -0.39 is 31.4 Å². The van der Waals surface area contributed by atoms with E-state index in [1.54, 1.807) is 0 Å². The maximum Gasteiger partial charge on any atom is 0.411 e. The van der Waals surface area contributed by atoms with Crippen LogP contribution in [0.25, 0.3) is 0 Å². The summed E-state index contributed by atoms with van der Waals surface area (Å²) in [6, 6.07) is 0. The number of aliphatic hydroxyl groups excluding tert-OH is 1. The Balaban J connectivity index is 2.20. The van der Waals surface area contributed by atoms with Gasteiger partial charge in [-0.15, -0.1) is 0 Å². The highest BCUT2D eigenvalue weighted by Crippen LogP contribution is 2.15. The van der Waals surface area contributed by atoms with Gasteiger partial charge in [0.2, 0.25) is 5.91 Å². The van der Waals surface area contributed by atoms with Gasteiger partial charge in [0.25, 0.3) is 0 Å². The zero-order chi connectivity index (χ0) is 12.2. The number of amides is 1. The van der Waals surface area contributed by atoms with E-state index in [1.165, 1.54) is 4.90 Å². The molecule has 0 aromatic carbocycles. The van der Waals surface area contributed by atoms with E-state index in [9.17, 15) is 23.1 Å². The zero-order valence-corrected chi connectivity index (χ0v) is 8.66. The van der Waals surface area contributed by atoms with E-state index in [4.69, 9.17) is 0 Å². The number of hydrogen-bond acceptors (Lipinski definition) is 3. The van der Waals surface area contributed by atoms with Gasteiger partial charge in [0.05, 0.1) is 6.10 Å². The number of likely N-dealkylation sites (tertiary alicyclic amines) is 1. The Morgan fingerprint density at radius 3 is 2.44 bits per heavy atom. The molecule has 94 valence electrons. The molecular weight excluding hydrogens is 227 g/mol. The topological polar surface area (TPSA) is 49.8 Å². The smallest absolute Gasteiger partial charge is 0.393 e. The molecule has 0 bridgehead atoms. The zero-order valence-electron chi connectivity index (χ0n) is 8.66. The van der Waals surface area contributed by atoms with Crippen molar-refractivity contribution < 1.29 is 27.8 Å². The summed E-state index contributed by atoms with van der Waals surface area (Å²) in [6.07, 6.45) is -3.89. The van der Waals surface area contributed by atoms with Crippen LogP contribution in [0.3, 0.4) is 0 Å². The van der Waals surface area contributed by atoms with E-state index in [0.29, 0.717) is 25.9 Å². The highest BCUT2D eigenvalue weighted by Gasteiger charge is 2.28. The number of carbonyl (C=O) groups excluding carboxylic acids is 1. The van der Waals surface area contributed by atoms with Crippen LogP contribution in [0.5, 0.6) is 0 Å². The second-order valence-electron chi connectivity index (χ2n) is 3.72. The van der Waals surface area contributed by atoms with Gasteiger partial charge in [0, 0.05) is 13.1 Å². The Labute approximate surface area is 91.0 Å². The summed E-state index contributed by atoms with van der Waals surface area (Å²) in [5.74, 6) is -0.462. The summed E-state index contributed by atoms with van der Waals surface area (Å²) in [7, 11) is 0. The second-order valence-corrected chi connectivity index (χ2v) is 3.72. The lowest BCUT2D eigenvalue weighted by Crippen LogP contribution is -2.42. The van der Waals surface area contributed by atoms with E-state index >= 15 is 0 Å². The Kier molecular flexibility index (Phi) is 4.55. The van der Waals surface area contributed by atoms with Crippen LogP contribution in [0.2, 0.25) is 0 Å². The molecule has 0 atom stereocenters. The average molecular weight is 241 g/mol. The van der Waals surface area contributed by atoms with Gasteiger partial charge in [-0.2, -0.15) is 13.2 Å². The summed E-state index contributed by atoms with van der Waals surface area (Å²) in [5, 5.41) is 9.17. The highest BCUT2D eigenvalue weighted by molar-refractivity contribution is 5.77. The first-order chi connectivity index (χ1) is 7.38.